The van der Waals surface area contributed by atoms with Crippen LogP contribution >= 0.6 is 0 Å². The highest BCUT2D eigenvalue weighted by Gasteiger charge is 2.41. The predicted octanol–water partition coefficient (Wildman–Crippen LogP) is 2.04. The van der Waals surface area contributed by atoms with Gasteiger partial charge in [0.25, 0.3) is 0 Å². The first kappa shape index (κ1) is 12.7. The van der Waals surface area contributed by atoms with Crippen LogP contribution in [0.25, 0.3) is 0 Å². The monoisotopic (exact) mass is 259 g/mol. The Morgan fingerprint density at radius 1 is 1.21 bits per heavy atom. The molecule has 0 amide bonds. The molecule has 1 aliphatic heterocycles. The van der Waals surface area contributed by atoms with Crippen molar-refractivity contribution in [3.8, 4) is 0 Å². The molecular weight excluding hydrogens is 238 g/mol. The van der Waals surface area contributed by atoms with Gasteiger partial charge in [-0.1, -0.05) is 24.3 Å². The van der Waals surface area contributed by atoms with Crippen molar-refractivity contribution in [2.75, 3.05) is 20.2 Å². The molecule has 1 fully saturated rings. The molecular formula is C16H21NO2. The quantitative estimate of drug-likeness (QED) is 0.778. The Morgan fingerprint density at radius 2 is 1.79 bits per heavy atom. The molecule has 1 aliphatic carbocycles. The van der Waals surface area contributed by atoms with Crippen molar-refractivity contribution in [1.82, 2.24) is 4.90 Å². The fourth-order valence-electron chi connectivity index (χ4n) is 3.14. The SMILES string of the molecule is COC(=O)C(C1CC1)N1CCc2ccccc2CC1. The van der Waals surface area contributed by atoms with Crippen LogP contribution in [-0.2, 0) is 22.4 Å². The minimum atomic E-state index is -0.0477. The van der Waals surface area contributed by atoms with Crippen LogP contribution in [0.3, 0.4) is 0 Å². The van der Waals surface area contributed by atoms with Gasteiger partial charge in [0.05, 0.1) is 7.11 Å². The largest absolute Gasteiger partial charge is 0.468 e. The molecule has 0 N–H and O–H groups in total. The van der Waals surface area contributed by atoms with E-state index in [1.54, 1.807) is 0 Å². The number of carbonyl (C=O) groups excluding carboxylic acids is 1. The molecule has 102 valence electrons. The fraction of sp³-hybridized carbons (Fsp3) is 0.562. The molecule has 3 heteroatoms. The molecule has 2 aliphatic rings. The molecule has 0 saturated heterocycles. The van der Waals surface area contributed by atoms with Crippen molar-refractivity contribution in [3.63, 3.8) is 0 Å². The van der Waals surface area contributed by atoms with Crippen molar-refractivity contribution in [2.24, 2.45) is 5.92 Å². The van der Waals surface area contributed by atoms with Crippen LogP contribution in [0.1, 0.15) is 24.0 Å². The summed E-state index contributed by atoms with van der Waals surface area (Å²) in [5.41, 5.74) is 2.87. The summed E-state index contributed by atoms with van der Waals surface area (Å²) in [6.07, 6.45) is 4.42. The number of methoxy groups -OCH3 is 1. The summed E-state index contributed by atoms with van der Waals surface area (Å²) in [7, 11) is 1.50. The minimum Gasteiger partial charge on any atom is -0.468 e. The lowest BCUT2D eigenvalue weighted by Gasteiger charge is -2.28. The Morgan fingerprint density at radius 3 is 2.26 bits per heavy atom. The van der Waals surface area contributed by atoms with Gasteiger partial charge in [0.15, 0.2) is 0 Å². The molecule has 1 aromatic rings. The normalized spacial score (nSPS) is 21.3. The zero-order valence-corrected chi connectivity index (χ0v) is 11.5. The molecule has 0 spiro atoms. The topological polar surface area (TPSA) is 29.5 Å². The number of ether oxygens (including phenoxy) is 1. The van der Waals surface area contributed by atoms with Crippen LogP contribution in [0.2, 0.25) is 0 Å². The van der Waals surface area contributed by atoms with Crippen LogP contribution in [-0.4, -0.2) is 37.1 Å². The van der Waals surface area contributed by atoms with E-state index in [0.29, 0.717) is 5.92 Å². The second-order valence-electron chi connectivity index (χ2n) is 5.61. The van der Waals surface area contributed by atoms with E-state index in [-0.39, 0.29) is 12.0 Å². The van der Waals surface area contributed by atoms with Gasteiger partial charge in [-0.3, -0.25) is 9.69 Å². The third kappa shape index (κ3) is 2.66. The first-order chi connectivity index (χ1) is 9.29. The second-order valence-corrected chi connectivity index (χ2v) is 5.61. The molecule has 3 rings (SSSR count). The molecule has 0 aromatic heterocycles. The first-order valence-corrected chi connectivity index (χ1v) is 7.18. The van der Waals surface area contributed by atoms with E-state index >= 15 is 0 Å². The zero-order chi connectivity index (χ0) is 13.2. The van der Waals surface area contributed by atoms with Gasteiger partial charge in [0.1, 0.15) is 6.04 Å². The highest BCUT2D eigenvalue weighted by Crippen LogP contribution is 2.36. The van der Waals surface area contributed by atoms with E-state index in [0.717, 1.165) is 25.9 Å². The van der Waals surface area contributed by atoms with Gasteiger partial charge in [-0.25, -0.2) is 0 Å². The number of hydrogen-bond donors (Lipinski definition) is 0. The third-order valence-corrected chi connectivity index (χ3v) is 4.36. The number of carbonyl (C=O) groups is 1. The van der Waals surface area contributed by atoms with Crippen LogP contribution in [0.4, 0.5) is 0 Å². The number of nitrogens with zero attached hydrogens (tertiary/aromatic N) is 1. The summed E-state index contributed by atoms with van der Waals surface area (Å²) in [5.74, 6) is 0.474. The molecule has 0 radical (unpaired) electrons. The Labute approximate surface area is 114 Å². The van der Waals surface area contributed by atoms with E-state index < -0.39 is 0 Å². The van der Waals surface area contributed by atoms with Gasteiger partial charge in [0, 0.05) is 13.1 Å². The number of rotatable bonds is 3. The lowest BCUT2D eigenvalue weighted by molar-refractivity contribution is -0.147. The molecule has 1 aromatic carbocycles. The standard InChI is InChI=1S/C16H21NO2/c1-19-16(18)15(14-6-7-14)17-10-8-12-4-2-3-5-13(12)9-11-17/h2-5,14-15H,6-11H2,1H3. The van der Waals surface area contributed by atoms with Crippen LogP contribution in [0, 0.1) is 5.92 Å². The van der Waals surface area contributed by atoms with Gasteiger partial charge in [0.2, 0.25) is 0 Å². The summed E-state index contributed by atoms with van der Waals surface area (Å²) >= 11 is 0. The lowest BCUT2D eigenvalue weighted by atomic mass is 10.0. The Kier molecular flexibility index (Phi) is 3.56. The van der Waals surface area contributed by atoms with Gasteiger partial charge >= 0.3 is 5.97 Å². The minimum absolute atomic E-state index is 0.0145. The molecule has 1 unspecified atom stereocenters. The highest BCUT2D eigenvalue weighted by atomic mass is 16.5. The zero-order valence-electron chi connectivity index (χ0n) is 11.5. The summed E-state index contributed by atoms with van der Waals surface area (Å²) in [6.45, 7) is 1.93. The summed E-state index contributed by atoms with van der Waals surface area (Å²) in [6, 6.07) is 8.62. The van der Waals surface area contributed by atoms with Gasteiger partial charge in [-0.05, 0) is 42.7 Å². The average molecular weight is 259 g/mol. The smallest absolute Gasteiger partial charge is 0.323 e. The molecule has 3 nitrogen and oxygen atoms in total. The van der Waals surface area contributed by atoms with E-state index in [9.17, 15) is 4.79 Å². The number of benzene rings is 1. The second kappa shape index (κ2) is 5.33. The Bertz CT molecular complexity index is 441. The highest BCUT2D eigenvalue weighted by molar-refractivity contribution is 5.76. The molecule has 1 saturated carbocycles. The van der Waals surface area contributed by atoms with Gasteiger partial charge in [-0.2, -0.15) is 0 Å². The van der Waals surface area contributed by atoms with Crippen LogP contribution in [0.5, 0.6) is 0 Å². The van der Waals surface area contributed by atoms with Gasteiger partial charge < -0.3 is 4.74 Å². The lowest BCUT2D eigenvalue weighted by Crippen LogP contribution is -2.44. The summed E-state index contributed by atoms with van der Waals surface area (Å²) < 4.78 is 5.00. The number of esters is 1. The van der Waals surface area contributed by atoms with E-state index in [4.69, 9.17) is 4.74 Å². The van der Waals surface area contributed by atoms with Crippen molar-refractivity contribution < 1.29 is 9.53 Å². The molecule has 1 heterocycles. The van der Waals surface area contributed by atoms with E-state index in [1.807, 2.05) is 0 Å². The fourth-order valence-corrected chi connectivity index (χ4v) is 3.14. The maximum absolute atomic E-state index is 12.0. The van der Waals surface area contributed by atoms with Crippen molar-refractivity contribution in [1.29, 1.82) is 0 Å². The van der Waals surface area contributed by atoms with E-state index in [2.05, 4.69) is 29.2 Å². The first-order valence-electron chi connectivity index (χ1n) is 7.18. The Hall–Kier alpha value is -1.35. The van der Waals surface area contributed by atoms with Crippen LogP contribution in [0.15, 0.2) is 24.3 Å². The summed E-state index contributed by atoms with van der Waals surface area (Å²) in [5, 5.41) is 0. The van der Waals surface area contributed by atoms with Gasteiger partial charge in [-0.15, -0.1) is 0 Å². The maximum atomic E-state index is 12.0. The molecule has 0 bridgehead atoms. The Balaban J connectivity index is 1.75. The van der Waals surface area contributed by atoms with Crippen molar-refractivity contribution in [3.05, 3.63) is 35.4 Å². The van der Waals surface area contributed by atoms with Crippen molar-refractivity contribution in [2.45, 2.75) is 31.7 Å². The third-order valence-electron chi connectivity index (χ3n) is 4.36. The predicted molar refractivity (Wildman–Crippen MR) is 74.0 cm³/mol. The van der Waals surface area contributed by atoms with Crippen LogP contribution < -0.4 is 0 Å². The number of hydrogen-bond acceptors (Lipinski definition) is 3. The number of fused-ring (bicyclic) bond motifs is 1. The maximum Gasteiger partial charge on any atom is 0.323 e. The molecule has 19 heavy (non-hydrogen) atoms. The average Bonchev–Trinajstić information content (AvgIpc) is 3.27. The molecule has 1 atom stereocenters. The van der Waals surface area contributed by atoms with Crippen molar-refractivity contribution >= 4 is 5.97 Å². The summed E-state index contributed by atoms with van der Waals surface area (Å²) in [4.78, 5) is 14.4. The van der Waals surface area contributed by atoms with E-state index in [1.165, 1.54) is 31.1 Å².